The number of ether oxygens (including phenoxy) is 2. The van der Waals surface area contributed by atoms with E-state index in [9.17, 15) is 34.8 Å². The van der Waals surface area contributed by atoms with E-state index in [-0.39, 0.29) is 36.3 Å². The zero-order valence-corrected chi connectivity index (χ0v) is 54.0. The second-order valence-electron chi connectivity index (χ2n) is 20.0. The van der Waals surface area contributed by atoms with Crippen LogP contribution in [0, 0.1) is 11.3 Å². The molecule has 0 atom stereocenters. The van der Waals surface area contributed by atoms with Crippen molar-refractivity contribution in [3.63, 3.8) is 0 Å². The lowest BCUT2D eigenvalue weighted by Gasteiger charge is -2.26. The molecule has 26 nitrogen and oxygen atoms in total. The molecule has 0 bridgehead atoms. The second kappa shape index (κ2) is 31.1. The van der Waals surface area contributed by atoms with Crippen LogP contribution in [0.15, 0.2) is 123 Å². The number of benzene rings is 4. The number of carbonyl (C=O) groups is 2. The van der Waals surface area contributed by atoms with Gasteiger partial charge in [-0.05, 0) is 90.6 Å². The van der Waals surface area contributed by atoms with Crippen molar-refractivity contribution in [1.29, 1.82) is 5.26 Å². The SMILES string of the molecule is C=CC(=O)Nc1cc(Cc2nccc(N3c4ccccc4N(CC)S3(=O)=O)n2)c(OC)cc1N(C)CCN(C)C.C=CC(=O)Nc1cc(Cc2nccc(N3c4ccccc4N(CC)S3(=O)=O)n2)c(OC)cc1N(C)CCN(C)C.CC#N.CS(=O)(=O)O. The number of carbonyl (C=O) groups excluding carboxylic acids is 2. The van der Waals surface area contributed by atoms with Gasteiger partial charge in [0.2, 0.25) is 11.8 Å². The first kappa shape index (κ1) is 69.8. The summed E-state index contributed by atoms with van der Waals surface area (Å²) in [6.45, 7) is 15.8. The van der Waals surface area contributed by atoms with E-state index in [4.69, 9.17) is 19.3 Å². The Kier molecular flexibility index (Phi) is 24.7. The molecule has 0 radical (unpaired) electrons. The quantitative estimate of drug-likeness (QED) is 0.0461. The number of fused-ring (bicyclic) bond motifs is 2. The van der Waals surface area contributed by atoms with E-state index < -0.39 is 30.5 Å². The predicted octanol–water partition coefficient (Wildman–Crippen LogP) is 6.88. The minimum atomic E-state index is -3.86. The van der Waals surface area contributed by atoms with Crippen LogP contribution in [-0.2, 0) is 53.0 Å². The molecule has 8 rings (SSSR count). The molecule has 0 saturated heterocycles. The Balaban J connectivity index is 0.000000286. The van der Waals surface area contributed by atoms with Gasteiger partial charge in [-0.1, -0.05) is 37.4 Å². The maximum absolute atomic E-state index is 13.4. The molecular formula is C59H77N15O11S3. The Morgan fingerprint density at radius 3 is 1.26 bits per heavy atom. The van der Waals surface area contributed by atoms with Gasteiger partial charge in [0, 0.05) is 121 Å². The van der Waals surface area contributed by atoms with E-state index in [1.165, 1.54) is 36.3 Å². The first-order valence-electron chi connectivity index (χ1n) is 27.3. The summed E-state index contributed by atoms with van der Waals surface area (Å²) < 4.78 is 96.3. The lowest BCUT2D eigenvalue weighted by molar-refractivity contribution is -0.112. The standard InChI is InChI=1S/2C28H35N7O4S.C2H3N.CH4O3S/c2*1-7-28(36)30-21-17-20(25(39-6)19-24(21)33(5)16-15-32(3)4)18-26-29-14-13-27(31-26)35-23-12-10-9-11-22(23)34(8-2)40(35,37)38;1-2-3;1-5(2,3)4/h2*7,9-14,17,19H,1,8,15-16,18H2,2-6H3,(H,30,36);1H3;1H3,(H,2,3,4). The second-order valence-corrected chi connectivity index (χ2v) is 24.9. The molecule has 2 aliphatic rings. The summed E-state index contributed by atoms with van der Waals surface area (Å²) in [6, 6.07) is 26.6. The smallest absolute Gasteiger partial charge is 0.332 e. The summed E-state index contributed by atoms with van der Waals surface area (Å²) in [5.41, 5.74) is 6.47. The van der Waals surface area contributed by atoms with Crippen LogP contribution in [0.2, 0.25) is 0 Å². The Morgan fingerprint density at radius 1 is 0.636 bits per heavy atom. The molecule has 29 heteroatoms. The molecule has 0 saturated carbocycles. The van der Waals surface area contributed by atoms with E-state index in [1.54, 1.807) is 95.1 Å². The highest BCUT2D eigenvalue weighted by molar-refractivity contribution is 7.95. The molecule has 0 spiro atoms. The topological polar surface area (TPSA) is 301 Å². The molecular weight excluding hydrogens is 1190 g/mol. The first-order chi connectivity index (χ1) is 41.6. The van der Waals surface area contributed by atoms with Gasteiger partial charge in [0.15, 0.2) is 11.6 Å². The van der Waals surface area contributed by atoms with Crippen molar-refractivity contribution in [3.05, 3.63) is 145 Å². The number of rotatable bonds is 22. The molecule has 6 aromatic rings. The monoisotopic (exact) mass is 1270 g/mol. The number of para-hydroxylation sites is 4. The van der Waals surface area contributed by atoms with Crippen LogP contribution in [0.1, 0.15) is 43.5 Å². The van der Waals surface area contributed by atoms with Crippen LogP contribution >= 0.6 is 0 Å². The average molecular weight is 1270 g/mol. The van der Waals surface area contributed by atoms with Gasteiger partial charge in [-0.15, -0.1) is 0 Å². The number of hydrogen-bond donors (Lipinski definition) is 3. The van der Waals surface area contributed by atoms with Gasteiger partial charge in [-0.3, -0.25) is 22.8 Å². The number of amides is 2. The van der Waals surface area contributed by atoms with Crippen LogP contribution in [0.3, 0.4) is 0 Å². The van der Waals surface area contributed by atoms with Crippen molar-refractivity contribution < 1.29 is 48.9 Å². The fraction of sp³-hybridized carbons (Fsp3) is 0.339. The lowest BCUT2D eigenvalue weighted by atomic mass is 10.1. The maximum Gasteiger partial charge on any atom is 0.332 e. The molecule has 4 aromatic carbocycles. The highest BCUT2D eigenvalue weighted by Gasteiger charge is 2.42. The molecule has 2 aromatic heterocycles. The van der Waals surface area contributed by atoms with Gasteiger partial charge in [0.25, 0.3) is 10.1 Å². The predicted molar refractivity (Wildman–Crippen MR) is 347 cm³/mol. The molecule has 0 aliphatic carbocycles. The van der Waals surface area contributed by atoms with E-state index in [1.807, 2.05) is 88.5 Å². The molecule has 0 unspecified atom stereocenters. The highest BCUT2D eigenvalue weighted by atomic mass is 32.2. The highest BCUT2D eigenvalue weighted by Crippen LogP contribution is 2.46. The zero-order valence-electron chi connectivity index (χ0n) is 51.5. The van der Waals surface area contributed by atoms with Crippen LogP contribution in [0.5, 0.6) is 11.5 Å². The van der Waals surface area contributed by atoms with Crippen LogP contribution in [-0.4, -0.2) is 173 Å². The normalized spacial score (nSPS) is 13.2. The molecule has 0 fully saturated rings. The third-order valence-electron chi connectivity index (χ3n) is 13.1. The molecule has 2 aliphatic heterocycles. The number of nitriles is 1. The number of hydrogen-bond acceptors (Lipinski definition) is 19. The first-order valence-corrected chi connectivity index (χ1v) is 32.0. The van der Waals surface area contributed by atoms with Crippen molar-refractivity contribution in [2.24, 2.45) is 0 Å². The molecule has 2 amide bonds. The average Bonchev–Trinajstić information content (AvgIpc) is 1.60. The molecule has 4 heterocycles. The molecule has 88 heavy (non-hydrogen) atoms. The van der Waals surface area contributed by atoms with E-state index in [0.29, 0.717) is 76.6 Å². The van der Waals surface area contributed by atoms with Crippen molar-refractivity contribution in [2.45, 2.75) is 33.6 Å². The summed E-state index contributed by atoms with van der Waals surface area (Å²) in [7, 11) is 3.66. The Morgan fingerprint density at radius 2 is 0.966 bits per heavy atom. The maximum atomic E-state index is 13.4. The Hall–Kier alpha value is -8.92. The largest absolute Gasteiger partial charge is 0.496 e. The fourth-order valence-corrected chi connectivity index (χ4v) is 12.4. The van der Waals surface area contributed by atoms with Crippen molar-refractivity contribution >= 4 is 99.5 Å². The summed E-state index contributed by atoms with van der Waals surface area (Å²) in [5.74, 6) is 1.79. The van der Waals surface area contributed by atoms with Crippen LogP contribution in [0.4, 0.5) is 57.1 Å². The van der Waals surface area contributed by atoms with Gasteiger partial charge < -0.3 is 39.7 Å². The number of likely N-dealkylation sites (N-methyl/N-ethyl adjacent to an activating group) is 4. The Bertz CT molecular complexity index is 3610. The van der Waals surface area contributed by atoms with Crippen LogP contribution in [0.25, 0.3) is 0 Å². The number of aromatic nitrogens is 4. The van der Waals surface area contributed by atoms with E-state index in [2.05, 4.69) is 53.5 Å². The van der Waals surface area contributed by atoms with Gasteiger partial charge in [-0.25, -0.2) is 28.5 Å². The number of nitrogens with one attached hydrogen (secondary N) is 2. The summed E-state index contributed by atoms with van der Waals surface area (Å²) in [5, 5.41) is 13.1. The number of anilines is 10. The Labute approximate surface area is 517 Å². The minimum absolute atomic E-state index is 0.239. The summed E-state index contributed by atoms with van der Waals surface area (Å²) >= 11 is 0. The van der Waals surface area contributed by atoms with Gasteiger partial charge in [-0.2, -0.15) is 30.5 Å². The van der Waals surface area contributed by atoms with Crippen molar-refractivity contribution in [2.75, 3.05) is 140 Å². The molecule has 3 N–H and O–H groups in total. The molecule has 472 valence electrons. The van der Waals surface area contributed by atoms with Crippen molar-refractivity contribution in [1.82, 2.24) is 29.7 Å². The fourth-order valence-electron chi connectivity index (χ4n) is 9.08. The van der Waals surface area contributed by atoms with Gasteiger partial charge >= 0.3 is 20.4 Å². The van der Waals surface area contributed by atoms with Gasteiger partial charge in [0.05, 0.1) is 72.0 Å². The number of nitrogens with zero attached hydrogens (tertiary/aromatic N) is 13. The zero-order chi connectivity index (χ0) is 65.3. The van der Waals surface area contributed by atoms with Gasteiger partial charge in [0.1, 0.15) is 23.1 Å². The third kappa shape index (κ3) is 17.6. The van der Waals surface area contributed by atoms with Crippen molar-refractivity contribution in [3.8, 4) is 17.6 Å². The van der Waals surface area contributed by atoms with E-state index >= 15 is 0 Å². The summed E-state index contributed by atoms with van der Waals surface area (Å²) in [6.07, 6.45) is 6.71. The summed E-state index contributed by atoms with van der Waals surface area (Å²) in [4.78, 5) is 50.9. The number of methoxy groups -OCH3 is 2. The van der Waals surface area contributed by atoms with Crippen LogP contribution < -0.4 is 47.1 Å². The minimum Gasteiger partial charge on any atom is -0.496 e. The van der Waals surface area contributed by atoms with E-state index in [0.717, 1.165) is 48.7 Å². The third-order valence-corrected chi connectivity index (χ3v) is 16.8. The lowest BCUT2D eigenvalue weighted by Crippen LogP contribution is -2.35.